The van der Waals surface area contributed by atoms with E-state index >= 15 is 0 Å². The Balaban J connectivity index is 1.63. The fourth-order valence-corrected chi connectivity index (χ4v) is 6.58. The van der Waals surface area contributed by atoms with Crippen molar-refractivity contribution in [3.8, 4) is 5.75 Å². The van der Waals surface area contributed by atoms with Gasteiger partial charge in [0.2, 0.25) is 10.0 Å². The van der Waals surface area contributed by atoms with Crippen molar-refractivity contribution >= 4 is 36.5 Å². The van der Waals surface area contributed by atoms with E-state index in [0.717, 1.165) is 10.8 Å². The Labute approximate surface area is 194 Å². The first-order valence-electron chi connectivity index (χ1n) is 10.5. The first kappa shape index (κ1) is 23.5. The first-order chi connectivity index (χ1) is 15.6. The van der Waals surface area contributed by atoms with E-state index in [4.69, 9.17) is 4.74 Å². The van der Waals surface area contributed by atoms with Gasteiger partial charge in [-0.15, -0.1) is 0 Å². The molecule has 0 unspecified atom stereocenters. The summed E-state index contributed by atoms with van der Waals surface area (Å²) in [4.78, 5) is 2.27. The molecule has 10 heteroatoms. The molecule has 0 spiro atoms. The molecule has 3 aromatic carbocycles. The Morgan fingerprint density at radius 3 is 2.21 bits per heavy atom. The predicted molar refractivity (Wildman–Crippen MR) is 129 cm³/mol. The molecule has 0 aliphatic carbocycles. The summed E-state index contributed by atoms with van der Waals surface area (Å²) in [6.45, 7) is 3.81. The molecule has 1 heterocycles. The number of rotatable bonds is 6. The fourth-order valence-electron chi connectivity index (χ4n) is 3.82. The highest BCUT2D eigenvalue weighted by molar-refractivity contribution is 7.92. The van der Waals surface area contributed by atoms with Crippen molar-refractivity contribution in [3.63, 3.8) is 0 Å². The molecule has 1 saturated heterocycles. The summed E-state index contributed by atoms with van der Waals surface area (Å²) < 4.78 is 61.7. The molecule has 0 amide bonds. The van der Waals surface area contributed by atoms with Crippen LogP contribution in [0, 0.1) is 6.92 Å². The van der Waals surface area contributed by atoms with Crippen LogP contribution in [0.25, 0.3) is 10.8 Å². The van der Waals surface area contributed by atoms with Gasteiger partial charge in [-0.1, -0.05) is 18.2 Å². The average molecular weight is 490 g/mol. The number of nitrogens with one attached hydrogen (secondary N) is 1. The lowest BCUT2D eigenvalue weighted by Gasteiger charge is -2.32. The van der Waals surface area contributed by atoms with Crippen LogP contribution in [-0.2, 0) is 20.0 Å². The molecule has 1 fully saturated rings. The van der Waals surface area contributed by atoms with Gasteiger partial charge in [0.25, 0.3) is 10.0 Å². The van der Waals surface area contributed by atoms with Crippen molar-refractivity contribution in [1.29, 1.82) is 0 Å². The van der Waals surface area contributed by atoms with Gasteiger partial charge in [0.1, 0.15) is 5.75 Å². The van der Waals surface area contributed by atoms with Gasteiger partial charge in [-0.3, -0.25) is 4.72 Å². The number of methoxy groups -OCH3 is 1. The number of anilines is 1. The Morgan fingerprint density at radius 2 is 1.52 bits per heavy atom. The fraction of sp³-hybridized carbons (Fsp3) is 0.304. The minimum Gasteiger partial charge on any atom is -0.497 e. The van der Waals surface area contributed by atoms with Crippen LogP contribution in [-0.4, -0.2) is 66.4 Å². The zero-order valence-electron chi connectivity index (χ0n) is 18.8. The normalized spacial score (nSPS) is 16.1. The van der Waals surface area contributed by atoms with Crippen LogP contribution in [0.1, 0.15) is 5.56 Å². The summed E-state index contributed by atoms with van der Waals surface area (Å²) in [6.07, 6.45) is 0. The van der Waals surface area contributed by atoms with Crippen LogP contribution >= 0.6 is 0 Å². The summed E-state index contributed by atoms with van der Waals surface area (Å²) >= 11 is 0. The number of likely N-dealkylation sites (N-methyl/N-ethyl adjacent to an activating group) is 1. The van der Waals surface area contributed by atoms with Gasteiger partial charge < -0.3 is 9.64 Å². The highest BCUT2D eigenvalue weighted by atomic mass is 32.2. The first-order valence-corrected chi connectivity index (χ1v) is 13.4. The van der Waals surface area contributed by atoms with E-state index in [1.54, 1.807) is 50.4 Å². The van der Waals surface area contributed by atoms with Gasteiger partial charge in [-0.05, 0) is 66.7 Å². The number of piperazine rings is 1. The third kappa shape index (κ3) is 4.84. The van der Waals surface area contributed by atoms with Crippen molar-refractivity contribution in [2.24, 2.45) is 0 Å². The molecule has 1 aliphatic heterocycles. The zero-order valence-corrected chi connectivity index (χ0v) is 20.4. The monoisotopic (exact) mass is 489 g/mol. The van der Waals surface area contributed by atoms with Gasteiger partial charge >= 0.3 is 0 Å². The topological polar surface area (TPSA) is 96.0 Å². The van der Waals surface area contributed by atoms with E-state index in [9.17, 15) is 16.8 Å². The summed E-state index contributed by atoms with van der Waals surface area (Å²) in [7, 11) is -4.13. The number of benzene rings is 3. The van der Waals surface area contributed by atoms with Gasteiger partial charge in [0.15, 0.2) is 0 Å². The summed E-state index contributed by atoms with van der Waals surface area (Å²) in [5, 5.41) is 1.60. The molecule has 33 heavy (non-hydrogen) atoms. The van der Waals surface area contributed by atoms with E-state index < -0.39 is 20.0 Å². The number of hydrogen-bond acceptors (Lipinski definition) is 6. The largest absolute Gasteiger partial charge is 0.497 e. The molecular formula is C23H27N3O5S2. The average Bonchev–Trinajstić information content (AvgIpc) is 2.79. The van der Waals surface area contributed by atoms with Crippen LogP contribution in [0.5, 0.6) is 5.75 Å². The number of sulfonamides is 2. The number of hydrogen-bond donors (Lipinski definition) is 1. The second kappa shape index (κ2) is 8.94. The predicted octanol–water partition coefficient (Wildman–Crippen LogP) is 2.89. The van der Waals surface area contributed by atoms with Crippen LogP contribution in [0.2, 0.25) is 0 Å². The van der Waals surface area contributed by atoms with E-state index in [1.807, 2.05) is 13.1 Å². The molecule has 0 atom stereocenters. The number of nitrogens with zero attached hydrogens (tertiary/aromatic N) is 2. The van der Waals surface area contributed by atoms with E-state index in [0.29, 0.717) is 37.5 Å². The van der Waals surface area contributed by atoms with Gasteiger partial charge in [-0.2, -0.15) is 4.31 Å². The van der Waals surface area contributed by atoms with Crippen LogP contribution in [0.4, 0.5) is 5.69 Å². The number of aryl methyl sites for hydroxylation is 1. The zero-order chi connectivity index (χ0) is 23.8. The maximum absolute atomic E-state index is 13.2. The van der Waals surface area contributed by atoms with Crippen LogP contribution in [0.3, 0.4) is 0 Å². The SMILES string of the molecule is COc1ccc2cc(S(=O)(=O)Nc3ccc(C)c(S(=O)(=O)N4CCN(C)CC4)c3)ccc2c1. The minimum atomic E-state index is -3.92. The van der Waals surface area contributed by atoms with E-state index in [1.165, 1.54) is 16.4 Å². The van der Waals surface area contributed by atoms with Crippen molar-refractivity contribution in [2.45, 2.75) is 16.7 Å². The molecular weight excluding hydrogens is 462 g/mol. The summed E-state index contributed by atoms with van der Waals surface area (Å²) in [5.74, 6) is 0.685. The lowest BCUT2D eigenvalue weighted by atomic mass is 10.1. The van der Waals surface area contributed by atoms with E-state index in [-0.39, 0.29) is 15.5 Å². The van der Waals surface area contributed by atoms with Crippen molar-refractivity contribution in [3.05, 3.63) is 60.2 Å². The van der Waals surface area contributed by atoms with Crippen LogP contribution in [0.15, 0.2) is 64.4 Å². The molecule has 8 nitrogen and oxygen atoms in total. The maximum atomic E-state index is 13.2. The second-order valence-electron chi connectivity index (χ2n) is 8.17. The molecule has 0 saturated carbocycles. The summed E-state index contributed by atoms with van der Waals surface area (Å²) in [5.41, 5.74) is 0.764. The molecule has 176 valence electrons. The smallest absolute Gasteiger partial charge is 0.261 e. The molecule has 1 N–H and O–H groups in total. The minimum absolute atomic E-state index is 0.0872. The molecule has 0 bridgehead atoms. The van der Waals surface area contributed by atoms with Gasteiger partial charge in [0.05, 0.1) is 22.6 Å². The lowest BCUT2D eigenvalue weighted by Crippen LogP contribution is -2.47. The lowest BCUT2D eigenvalue weighted by molar-refractivity contribution is 0.222. The summed E-state index contributed by atoms with van der Waals surface area (Å²) in [6, 6.07) is 14.8. The Bertz CT molecular complexity index is 1400. The molecule has 4 rings (SSSR count). The maximum Gasteiger partial charge on any atom is 0.261 e. The standard InChI is InChI=1S/C23H27N3O5S2/c1-17-4-7-20(16-23(17)33(29,30)26-12-10-25(2)11-13-26)24-32(27,28)22-9-6-18-14-21(31-3)8-5-19(18)15-22/h4-9,14-16,24H,10-13H2,1-3H3. The number of ether oxygens (including phenoxy) is 1. The third-order valence-corrected chi connectivity index (χ3v) is 9.27. The second-order valence-corrected chi connectivity index (χ2v) is 11.8. The van der Waals surface area contributed by atoms with Crippen molar-refractivity contribution in [2.75, 3.05) is 45.1 Å². The number of fused-ring (bicyclic) bond motifs is 1. The van der Waals surface area contributed by atoms with Crippen molar-refractivity contribution < 1.29 is 21.6 Å². The van der Waals surface area contributed by atoms with E-state index in [2.05, 4.69) is 9.62 Å². The quantitative estimate of drug-likeness (QED) is 0.572. The highest BCUT2D eigenvalue weighted by Gasteiger charge is 2.29. The highest BCUT2D eigenvalue weighted by Crippen LogP contribution is 2.28. The molecule has 1 aliphatic rings. The third-order valence-electron chi connectivity index (χ3n) is 5.85. The molecule has 0 radical (unpaired) electrons. The van der Waals surface area contributed by atoms with Crippen LogP contribution < -0.4 is 9.46 Å². The Morgan fingerprint density at radius 1 is 0.848 bits per heavy atom. The van der Waals surface area contributed by atoms with Gasteiger partial charge in [0, 0.05) is 26.2 Å². The van der Waals surface area contributed by atoms with Gasteiger partial charge in [-0.25, -0.2) is 16.8 Å². The molecule has 3 aromatic rings. The molecule has 0 aromatic heterocycles. The Kier molecular flexibility index (Phi) is 6.37. The van der Waals surface area contributed by atoms with Crippen molar-refractivity contribution in [1.82, 2.24) is 9.21 Å². The Hall–Kier alpha value is -2.66.